The molecule has 16 aromatic carbocycles. The van der Waals surface area contributed by atoms with E-state index in [4.69, 9.17) is 15.0 Å². The molecule has 0 amide bonds. The van der Waals surface area contributed by atoms with Gasteiger partial charge in [-0.25, -0.2) is 15.0 Å². The lowest BCUT2D eigenvalue weighted by Gasteiger charge is -2.15. The van der Waals surface area contributed by atoms with Gasteiger partial charge in [0.1, 0.15) is 5.82 Å². The second kappa shape index (κ2) is 25.5. The maximum Gasteiger partial charge on any atom is 0.266 e. The van der Waals surface area contributed by atoms with Crippen molar-refractivity contribution in [3.05, 3.63) is 403 Å². The quantitative estimate of drug-likeness (QED) is 0.141. The summed E-state index contributed by atoms with van der Waals surface area (Å²) in [6, 6.07) is 129. The van der Waals surface area contributed by atoms with E-state index in [2.05, 4.69) is 285 Å². The summed E-state index contributed by atoms with van der Waals surface area (Å²) in [5.74, 6) is 1.27. The van der Waals surface area contributed by atoms with Gasteiger partial charge in [-0.2, -0.15) is 0 Å². The first-order valence-electron chi connectivity index (χ1n) is 38.4. The number of fused-ring (bicyclic) bond motifs is 23. The highest BCUT2D eigenvalue weighted by Crippen LogP contribution is 2.46. The van der Waals surface area contributed by atoms with Gasteiger partial charge in [-0.3, -0.25) is 27.9 Å². The zero-order chi connectivity index (χ0) is 75.2. The number of hydrogen-bond donors (Lipinski definition) is 0. The predicted octanol–water partition coefficient (Wildman–Crippen LogP) is 24.5. The number of rotatable bonds is 8. The molecule has 0 fully saturated rings. The van der Waals surface area contributed by atoms with Crippen LogP contribution in [0.5, 0.6) is 0 Å². The Kier molecular flexibility index (Phi) is 14.4. The van der Waals surface area contributed by atoms with Crippen molar-refractivity contribution in [2.75, 3.05) is 0 Å². The third-order valence-corrected chi connectivity index (χ3v) is 23.2. The monoisotopic (exact) mass is 1460 g/mol. The summed E-state index contributed by atoms with van der Waals surface area (Å²) in [6.45, 7) is 0. The first kappa shape index (κ1) is 64.4. The third-order valence-electron chi connectivity index (χ3n) is 23.2. The van der Waals surface area contributed by atoms with Crippen LogP contribution in [-0.4, -0.2) is 42.4 Å². The lowest BCUT2D eigenvalue weighted by atomic mass is 9.99. The minimum absolute atomic E-state index is 0.0855. The highest BCUT2D eigenvalue weighted by molar-refractivity contribution is 6.29. The summed E-state index contributed by atoms with van der Waals surface area (Å²) in [6.07, 6.45) is 3.46. The molecule has 0 saturated heterocycles. The summed E-state index contributed by atoms with van der Waals surface area (Å²) < 4.78 is 12.8. The van der Waals surface area contributed by atoms with E-state index in [1.54, 1.807) is 21.5 Å². The maximum atomic E-state index is 14.6. The van der Waals surface area contributed by atoms with Gasteiger partial charge in [0.25, 0.3) is 11.1 Å². The summed E-state index contributed by atoms with van der Waals surface area (Å²) in [5, 5.41) is 18.0. The molecule has 0 bridgehead atoms. The fourth-order valence-corrected chi connectivity index (χ4v) is 18.1. The van der Waals surface area contributed by atoms with Crippen molar-refractivity contribution in [2.24, 2.45) is 0 Å². The Balaban J connectivity index is 0.000000135. The fraction of sp³-hybridized carbons (Fsp3) is 0. The molecule has 24 aromatic rings. The van der Waals surface area contributed by atoms with Gasteiger partial charge in [-0.15, -0.1) is 0 Å². The Morgan fingerprint density at radius 3 is 1.23 bits per heavy atom. The fourth-order valence-electron chi connectivity index (χ4n) is 18.1. The SMILES string of the molecule is O=c1c2cnc(-n3c4ccccc4c4cc(-c5ccc6c(c5)c5c7ccccc7ccc5n6-c5ccccc5)ccc43)cc2c2ccccc2n1-c1ccccc1.O=c1c2cnc(-n3c4ccccc4c4ccc5c6c7ccccc7ccc6n(-c6ccccc6)c5c43)nc2c2ccccc2n1-c1ccc(-c2ccccc2)cc1. The topological polar surface area (TPSA) is 102 Å². The summed E-state index contributed by atoms with van der Waals surface area (Å²) in [7, 11) is 0. The van der Waals surface area contributed by atoms with Crippen LogP contribution in [0.4, 0.5) is 0 Å². The van der Waals surface area contributed by atoms with Gasteiger partial charge in [0.15, 0.2) is 0 Å². The number of nitrogens with zero attached hydrogens (tertiary/aromatic N) is 9. The maximum absolute atomic E-state index is 14.6. The lowest BCUT2D eigenvalue weighted by molar-refractivity contribution is 1.000. The molecule has 0 atom stereocenters. The Morgan fingerprint density at radius 1 is 0.211 bits per heavy atom. The first-order valence-corrected chi connectivity index (χ1v) is 38.4. The van der Waals surface area contributed by atoms with Crippen LogP contribution in [0.15, 0.2) is 392 Å². The molecule has 0 radical (unpaired) electrons. The highest BCUT2D eigenvalue weighted by Gasteiger charge is 2.26. The van der Waals surface area contributed by atoms with Crippen LogP contribution < -0.4 is 11.1 Å². The number of hydrogen-bond acceptors (Lipinski definition) is 5. The van der Waals surface area contributed by atoms with Crippen LogP contribution in [-0.2, 0) is 0 Å². The van der Waals surface area contributed by atoms with Gasteiger partial charge in [0.05, 0.1) is 71.5 Å². The van der Waals surface area contributed by atoms with E-state index in [1.165, 1.54) is 48.7 Å². The van der Waals surface area contributed by atoms with Crippen molar-refractivity contribution in [3.8, 4) is 56.8 Å². The van der Waals surface area contributed by atoms with Crippen LogP contribution in [0.3, 0.4) is 0 Å². The van der Waals surface area contributed by atoms with Crippen molar-refractivity contribution in [2.45, 2.75) is 0 Å². The molecule has 0 aliphatic carbocycles. The largest absolute Gasteiger partial charge is 0.309 e. The van der Waals surface area contributed by atoms with E-state index in [1.807, 2.05) is 103 Å². The van der Waals surface area contributed by atoms with E-state index < -0.39 is 0 Å². The molecule has 0 saturated carbocycles. The molecule has 0 aliphatic heterocycles. The Hall–Kier alpha value is -15.6. The van der Waals surface area contributed by atoms with Crippen molar-refractivity contribution < 1.29 is 0 Å². The molecule has 11 nitrogen and oxygen atoms in total. The van der Waals surface area contributed by atoms with E-state index >= 15 is 0 Å². The first-order chi connectivity index (χ1) is 56.4. The normalized spacial score (nSPS) is 11.9. The van der Waals surface area contributed by atoms with Gasteiger partial charge in [0, 0.05) is 94.4 Å². The van der Waals surface area contributed by atoms with Crippen molar-refractivity contribution >= 4 is 152 Å². The highest BCUT2D eigenvalue weighted by atomic mass is 16.1. The van der Waals surface area contributed by atoms with Crippen molar-refractivity contribution in [1.82, 2.24) is 42.4 Å². The Bertz CT molecular complexity index is 8260. The van der Waals surface area contributed by atoms with Crippen LogP contribution in [0.2, 0.25) is 0 Å². The second-order valence-electron chi connectivity index (χ2n) is 29.3. The molecule has 0 spiro atoms. The van der Waals surface area contributed by atoms with Gasteiger partial charge in [0.2, 0.25) is 5.95 Å². The number of aromatic nitrogens is 9. The summed E-state index contributed by atoms with van der Waals surface area (Å²) >= 11 is 0. The minimum Gasteiger partial charge on any atom is -0.309 e. The molecule has 0 unspecified atom stereocenters. The minimum atomic E-state index is -0.164. The van der Waals surface area contributed by atoms with E-state index in [0.29, 0.717) is 22.2 Å². The average Bonchev–Trinajstić information content (AvgIpc) is 1.54. The number of pyridine rings is 3. The van der Waals surface area contributed by atoms with Crippen LogP contribution in [0, 0.1) is 0 Å². The van der Waals surface area contributed by atoms with Crippen LogP contribution in [0.1, 0.15) is 0 Å². The van der Waals surface area contributed by atoms with Gasteiger partial charge < -0.3 is 9.13 Å². The van der Waals surface area contributed by atoms with Crippen molar-refractivity contribution in [3.63, 3.8) is 0 Å². The Labute approximate surface area is 650 Å². The molecule has 0 N–H and O–H groups in total. The van der Waals surface area contributed by atoms with E-state index in [9.17, 15) is 9.59 Å². The number of benzene rings is 16. The molecule has 8 aromatic heterocycles. The molecule has 532 valence electrons. The molecular weight excluding hydrogens is 1400 g/mol. The molecule has 8 heterocycles. The van der Waals surface area contributed by atoms with Gasteiger partial charge in [-0.05, 0) is 159 Å². The summed E-state index contributed by atoms with van der Waals surface area (Å²) in [5.41, 5.74) is 19.1. The molecular formula is C103H63N9O2. The molecule has 24 rings (SSSR count). The Morgan fingerprint density at radius 2 is 0.605 bits per heavy atom. The van der Waals surface area contributed by atoms with E-state index in [0.717, 1.165) is 138 Å². The van der Waals surface area contributed by atoms with Crippen molar-refractivity contribution in [1.29, 1.82) is 0 Å². The van der Waals surface area contributed by atoms with Gasteiger partial charge in [-0.1, -0.05) is 255 Å². The third kappa shape index (κ3) is 9.79. The summed E-state index contributed by atoms with van der Waals surface area (Å²) in [4.78, 5) is 44.1. The molecule has 0 aliphatic rings. The molecule has 11 heteroatoms. The zero-order valence-corrected chi connectivity index (χ0v) is 61.2. The lowest BCUT2D eigenvalue weighted by Crippen LogP contribution is -2.20. The van der Waals surface area contributed by atoms with Crippen LogP contribution >= 0.6 is 0 Å². The number of para-hydroxylation sites is 7. The smallest absolute Gasteiger partial charge is 0.266 e. The predicted molar refractivity (Wildman–Crippen MR) is 471 cm³/mol. The average molecular weight is 1460 g/mol. The zero-order valence-electron chi connectivity index (χ0n) is 61.2. The van der Waals surface area contributed by atoms with Gasteiger partial charge >= 0.3 is 0 Å². The van der Waals surface area contributed by atoms with E-state index in [-0.39, 0.29) is 11.1 Å². The molecule has 114 heavy (non-hydrogen) atoms. The van der Waals surface area contributed by atoms with Crippen LogP contribution in [0.25, 0.3) is 209 Å². The standard InChI is InChI=1S/C52H32N4O.C51H31N5O/c57-52-44-32-53-50(31-41(44)39-19-9-11-21-45(39)55(52)37-16-5-2-6-17-37)56-46-22-12-10-20-40(46)42-29-34(24-26-47(42)56)35-25-27-48-43(30-35)51-38-18-8-7-13-33(38)23-28-49(51)54(48)36-14-3-1-4-15-36;57-50-42-31-52-51(53-47(42)40-20-10-12-22-44(40)55(50)36-26-23-33(24-27-36)32-13-3-1-4-14-32)56-43-21-11-9-19-38(43)39-28-29-41-46-37-18-8-7-15-34(37)25-30-45(46)54(49(41)48(39)56)35-16-5-2-6-17-35/h1-32H;1-31H. The second-order valence-corrected chi connectivity index (χ2v) is 29.3.